The van der Waals surface area contributed by atoms with Gasteiger partial charge in [0.05, 0.1) is 24.6 Å². The SMILES string of the molecule is COC(=O)/C(=C\c1ccc2c(cnn2S(=O)(=O)CC[Si](C)C)c1)NC(=O)OCc1ccccc1. The molecule has 0 spiro atoms. The number of rotatable bonds is 9. The Labute approximate surface area is 200 Å². The smallest absolute Gasteiger partial charge is 0.412 e. The first-order valence-corrected chi connectivity index (χ1v) is 14.8. The molecule has 0 saturated carbocycles. The van der Waals surface area contributed by atoms with Crippen molar-refractivity contribution in [1.29, 1.82) is 0 Å². The van der Waals surface area contributed by atoms with Gasteiger partial charge in [-0.2, -0.15) is 9.19 Å². The van der Waals surface area contributed by atoms with Crippen LogP contribution in [-0.2, 0) is 30.9 Å². The van der Waals surface area contributed by atoms with Crippen LogP contribution in [0, 0.1) is 0 Å². The molecule has 0 atom stereocenters. The Morgan fingerprint density at radius 2 is 1.88 bits per heavy atom. The number of alkyl carbamates (subject to hydrolysis) is 1. The van der Waals surface area contributed by atoms with Crippen LogP contribution < -0.4 is 5.32 Å². The molecule has 2 aromatic carbocycles. The van der Waals surface area contributed by atoms with E-state index in [9.17, 15) is 18.0 Å². The Morgan fingerprint density at radius 1 is 1.15 bits per heavy atom. The summed E-state index contributed by atoms with van der Waals surface area (Å²) in [4.78, 5) is 24.4. The Hall–Kier alpha value is -3.44. The number of benzene rings is 2. The summed E-state index contributed by atoms with van der Waals surface area (Å²) >= 11 is 0. The van der Waals surface area contributed by atoms with E-state index < -0.39 is 30.9 Å². The van der Waals surface area contributed by atoms with Crippen molar-refractivity contribution in [2.24, 2.45) is 0 Å². The minimum absolute atomic E-state index is 0.0359. The standard InChI is InChI=1S/C23H26N3O6SSi/c1-31-22(27)20(25-23(28)32-16-17-7-5-4-6-8-17)14-18-9-10-21-19(13-18)15-24-26(21)33(29,30)11-12-34(2)3/h4-10,13-15H,11-12,16H2,1-3H3,(H,25,28)/b20-14+. The van der Waals surface area contributed by atoms with Crippen LogP contribution in [0.5, 0.6) is 0 Å². The van der Waals surface area contributed by atoms with Crippen LogP contribution in [0.3, 0.4) is 0 Å². The minimum Gasteiger partial charge on any atom is -0.464 e. The number of nitrogens with one attached hydrogen (secondary N) is 1. The number of carbonyl (C=O) groups excluding carboxylic acids is 2. The number of hydrogen-bond acceptors (Lipinski definition) is 7. The number of amides is 1. The molecule has 3 rings (SSSR count). The Balaban J connectivity index is 1.79. The molecule has 179 valence electrons. The van der Waals surface area contributed by atoms with E-state index in [0.29, 0.717) is 22.5 Å². The van der Waals surface area contributed by atoms with Gasteiger partial charge >= 0.3 is 12.1 Å². The highest BCUT2D eigenvalue weighted by Crippen LogP contribution is 2.20. The summed E-state index contributed by atoms with van der Waals surface area (Å²) in [6.07, 6.45) is 2.06. The molecule has 11 heteroatoms. The minimum atomic E-state index is -3.57. The van der Waals surface area contributed by atoms with Crippen molar-refractivity contribution in [3.05, 3.63) is 71.6 Å². The predicted octanol–water partition coefficient (Wildman–Crippen LogP) is 3.41. The van der Waals surface area contributed by atoms with Gasteiger partial charge in [-0.25, -0.2) is 18.0 Å². The lowest BCUT2D eigenvalue weighted by molar-refractivity contribution is -0.136. The Bertz CT molecular complexity index is 1300. The van der Waals surface area contributed by atoms with Crippen molar-refractivity contribution in [3.63, 3.8) is 0 Å². The maximum atomic E-state index is 12.7. The lowest BCUT2D eigenvalue weighted by atomic mass is 10.1. The van der Waals surface area contributed by atoms with E-state index in [1.54, 1.807) is 18.2 Å². The predicted molar refractivity (Wildman–Crippen MR) is 131 cm³/mol. The first kappa shape index (κ1) is 25.2. The second-order valence-electron chi connectivity index (χ2n) is 7.82. The van der Waals surface area contributed by atoms with Crippen LogP contribution in [0.1, 0.15) is 11.1 Å². The number of methoxy groups -OCH3 is 1. The third-order valence-electron chi connectivity index (χ3n) is 4.85. The van der Waals surface area contributed by atoms with Crippen molar-refractivity contribution in [3.8, 4) is 0 Å². The second kappa shape index (κ2) is 11.1. The number of carbonyl (C=O) groups is 2. The highest BCUT2D eigenvalue weighted by atomic mass is 32.2. The summed E-state index contributed by atoms with van der Waals surface area (Å²) in [5, 5.41) is 7.03. The molecule has 9 nitrogen and oxygen atoms in total. The molecule has 0 bridgehead atoms. The van der Waals surface area contributed by atoms with Gasteiger partial charge in [0.15, 0.2) is 0 Å². The van der Waals surface area contributed by atoms with Crippen molar-refractivity contribution >= 4 is 47.9 Å². The van der Waals surface area contributed by atoms with E-state index in [1.807, 2.05) is 30.3 Å². The van der Waals surface area contributed by atoms with Crippen LogP contribution in [0.2, 0.25) is 19.1 Å². The third-order valence-corrected chi connectivity index (χ3v) is 8.00. The monoisotopic (exact) mass is 500 g/mol. The van der Waals surface area contributed by atoms with Gasteiger partial charge in [0.25, 0.3) is 10.0 Å². The summed E-state index contributed by atoms with van der Waals surface area (Å²) in [6.45, 7) is 4.16. The first-order valence-electron chi connectivity index (χ1n) is 10.5. The summed E-state index contributed by atoms with van der Waals surface area (Å²) < 4.78 is 36.3. The molecule has 0 aliphatic rings. The maximum Gasteiger partial charge on any atom is 0.412 e. The fourth-order valence-corrected chi connectivity index (χ4v) is 6.54. The summed E-state index contributed by atoms with van der Waals surface area (Å²) in [5.74, 6) is -0.722. The summed E-state index contributed by atoms with van der Waals surface area (Å²) in [7, 11) is -3.06. The van der Waals surface area contributed by atoms with Gasteiger partial charge in [-0.15, -0.1) is 0 Å². The normalized spacial score (nSPS) is 12.1. The van der Waals surface area contributed by atoms with Crippen molar-refractivity contribution in [2.45, 2.75) is 25.7 Å². The number of fused-ring (bicyclic) bond motifs is 1. The van der Waals surface area contributed by atoms with Crippen LogP contribution >= 0.6 is 0 Å². The summed E-state index contributed by atoms with van der Waals surface area (Å²) in [6, 6.07) is 14.7. The van der Waals surface area contributed by atoms with E-state index in [4.69, 9.17) is 9.47 Å². The molecule has 1 radical (unpaired) electrons. The molecule has 1 amide bonds. The quantitative estimate of drug-likeness (QED) is 0.272. The number of nitrogens with zero attached hydrogens (tertiary/aromatic N) is 2. The average molecular weight is 501 g/mol. The maximum absolute atomic E-state index is 12.7. The molecular formula is C23H26N3O6SSi. The molecule has 1 heterocycles. The number of ether oxygens (including phenoxy) is 2. The van der Waals surface area contributed by atoms with Crippen LogP contribution in [-0.4, -0.2) is 51.3 Å². The van der Waals surface area contributed by atoms with E-state index in [1.165, 1.54) is 19.4 Å². The lowest BCUT2D eigenvalue weighted by Crippen LogP contribution is -2.28. The third kappa shape index (κ3) is 6.55. The zero-order valence-corrected chi connectivity index (χ0v) is 21.0. The van der Waals surface area contributed by atoms with E-state index in [-0.39, 0.29) is 18.1 Å². The van der Waals surface area contributed by atoms with Gasteiger partial charge < -0.3 is 9.47 Å². The fraction of sp³-hybridized carbons (Fsp3) is 0.261. The van der Waals surface area contributed by atoms with Gasteiger partial charge in [-0.3, -0.25) is 5.32 Å². The average Bonchev–Trinajstić information content (AvgIpc) is 3.25. The Morgan fingerprint density at radius 3 is 2.56 bits per heavy atom. The van der Waals surface area contributed by atoms with Gasteiger partial charge in [0.1, 0.15) is 12.3 Å². The molecule has 34 heavy (non-hydrogen) atoms. The molecule has 0 saturated heterocycles. The molecule has 0 unspecified atom stereocenters. The van der Waals surface area contributed by atoms with E-state index in [2.05, 4.69) is 23.5 Å². The van der Waals surface area contributed by atoms with Crippen molar-refractivity contribution in [2.75, 3.05) is 12.9 Å². The topological polar surface area (TPSA) is 117 Å². The molecule has 1 N–H and O–H groups in total. The fourth-order valence-electron chi connectivity index (χ4n) is 3.05. The summed E-state index contributed by atoms with van der Waals surface area (Å²) in [5.41, 5.74) is 1.66. The zero-order chi connectivity index (χ0) is 24.7. The molecule has 0 aliphatic heterocycles. The highest BCUT2D eigenvalue weighted by molar-refractivity contribution is 7.90. The lowest BCUT2D eigenvalue weighted by Gasteiger charge is -2.10. The highest BCUT2D eigenvalue weighted by Gasteiger charge is 2.19. The first-order chi connectivity index (χ1) is 16.2. The molecule has 3 aromatic rings. The largest absolute Gasteiger partial charge is 0.464 e. The van der Waals surface area contributed by atoms with Gasteiger partial charge in [-0.05, 0) is 35.4 Å². The van der Waals surface area contributed by atoms with Gasteiger partial charge in [0.2, 0.25) is 0 Å². The van der Waals surface area contributed by atoms with Crippen LogP contribution in [0.4, 0.5) is 4.79 Å². The van der Waals surface area contributed by atoms with Crippen molar-refractivity contribution in [1.82, 2.24) is 14.5 Å². The van der Waals surface area contributed by atoms with E-state index >= 15 is 0 Å². The number of aromatic nitrogens is 2. The van der Waals surface area contributed by atoms with Gasteiger partial charge in [-0.1, -0.05) is 49.5 Å². The van der Waals surface area contributed by atoms with Crippen molar-refractivity contribution < 1.29 is 27.5 Å². The molecule has 0 aliphatic carbocycles. The number of esters is 1. The van der Waals surface area contributed by atoms with Gasteiger partial charge in [0, 0.05) is 14.2 Å². The number of hydrogen-bond donors (Lipinski definition) is 1. The van der Waals surface area contributed by atoms with Crippen LogP contribution in [0.15, 0.2) is 60.4 Å². The zero-order valence-electron chi connectivity index (χ0n) is 19.1. The van der Waals surface area contributed by atoms with E-state index in [0.717, 1.165) is 9.65 Å². The molecule has 0 fully saturated rings. The molecular weight excluding hydrogens is 474 g/mol. The second-order valence-corrected chi connectivity index (χ2v) is 12.6. The Kier molecular flexibility index (Phi) is 8.24. The molecule has 1 aromatic heterocycles. The van der Waals surface area contributed by atoms with Crippen LogP contribution in [0.25, 0.3) is 17.0 Å².